The standard InChI is InChI=1S/C10H10ClF3N2O/c11-8-6(2-1-3-7(8)15)9(17)16-5-4-10(12,13)14/h1-3H,4-5,15H2,(H,16,17). The van der Waals surface area contributed by atoms with Crippen LogP contribution in [0.25, 0.3) is 0 Å². The molecular formula is C10H10ClF3N2O. The van der Waals surface area contributed by atoms with Gasteiger partial charge in [-0.2, -0.15) is 13.2 Å². The molecular weight excluding hydrogens is 257 g/mol. The summed E-state index contributed by atoms with van der Waals surface area (Å²) < 4.78 is 35.6. The van der Waals surface area contributed by atoms with Gasteiger partial charge in [0.2, 0.25) is 0 Å². The van der Waals surface area contributed by atoms with E-state index in [4.69, 9.17) is 17.3 Å². The second-order valence-corrected chi connectivity index (χ2v) is 3.71. The molecule has 94 valence electrons. The van der Waals surface area contributed by atoms with E-state index in [1.54, 1.807) is 0 Å². The van der Waals surface area contributed by atoms with E-state index in [2.05, 4.69) is 5.32 Å². The lowest BCUT2D eigenvalue weighted by Crippen LogP contribution is -2.28. The minimum atomic E-state index is -4.30. The van der Waals surface area contributed by atoms with E-state index < -0.39 is 25.0 Å². The number of nitrogens with two attached hydrogens (primary N) is 1. The number of hydrogen-bond donors (Lipinski definition) is 2. The van der Waals surface area contributed by atoms with Crippen molar-refractivity contribution in [2.24, 2.45) is 0 Å². The summed E-state index contributed by atoms with van der Waals surface area (Å²) in [5.74, 6) is -0.674. The maximum Gasteiger partial charge on any atom is 0.390 e. The molecule has 0 aliphatic carbocycles. The van der Waals surface area contributed by atoms with Crippen molar-refractivity contribution in [3.8, 4) is 0 Å². The third kappa shape index (κ3) is 4.14. The lowest BCUT2D eigenvalue weighted by molar-refractivity contribution is -0.132. The molecule has 0 fully saturated rings. The third-order valence-electron chi connectivity index (χ3n) is 1.97. The van der Waals surface area contributed by atoms with Crippen LogP contribution in [0.1, 0.15) is 16.8 Å². The van der Waals surface area contributed by atoms with Gasteiger partial charge in [0.15, 0.2) is 0 Å². The molecule has 0 heterocycles. The highest BCUT2D eigenvalue weighted by Gasteiger charge is 2.26. The van der Waals surface area contributed by atoms with E-state index in [1.165, 1.54) is 18.2 Å². The number of benzene rings is 1. The summed E-state index contributed by atoms with van der Waals surface area (Å²) in [6.45, 7) is -0.493. The van der Waals surface area contributed by atoms with E-state index in [1.807, 2.05) is 0 Å². The van der Waals surface area contributed by atoms with Crippen LogP contribution in [0.5, 0.6) is 0 Å². The Bertz CT molecular complexity index is 421. The minimum absolute atomic E-state index is 0.0389. The summed E-state index contributed by atoms with van der Waals surface area (Å²) in [6, 6.07) is 4.39. The van der Waals surface area contributed by atoms with Crippen LogP contribution in [0.15, 0.2) is 18.2 Å². The molecule has 0 saturated carbocycles. The zero-order chi connectivity index (χ0) is 13.1. The Hall–Kier alpha value is -1.43. The van der Waals surface area contributed by atoms with Gasteiger partial charge in [0, 0.05) is 6.54 Å². The second kappa shape index (κ2) is 5.27. The number of rotatable bonds is 3. The molecule has 0 radical (unpaired) electrons. The Morgan fingerprint density at radius 2 is 2.06 bits per heavy atom. The fourth-order valence-corrected chi connectivity index (χ4v) is 1.35. The van der Waals surface area contributed by atoms with Crippen LogP contribution in [0, 0.1) is 0 Å². The molecule has 7 heteroatoms. The molecule has 0 atom stereocenters. The summed E-state index contributed by atoms with van der Waals surface area (Å²) in [7, 11) is 0. The minimum Gasteiger partial charge on any atom is -0.398 e. The molecule has 0 aromatic heterocycles. The zero-order valence-corrected chi connectivity index (χ0v) is 9.40. The Morgan fingerprint density at radius 3 is 2.65 bits per heavy atom. The first-order valence-corrected chi connectivity index (χ1v) is 5.08. The number of nitrogen functional groups attached to an aromatic ring is 1. The fourth-order valence-electron chi connectivity index (χ4n) is 1.14. The molecule has 0 unspecified atom stereocenters. The first-order valence-electron chi connectivity index (χ1n) is 4.70. The van der Waals surface area contributed by atoms with Gasteiger partial charge in [0.25, 0.3) is 5.91 Å². The molecule has 1 rings (SSSR count). The molecule has 1 aromatic carbocycles. The predicted octanol–water partition coefficient (Wildman–Crippen LogP) is 2.60. The van der Waals surface area contributed by atoms with Gasteiger partial charge in [-0.25, -0.2) is 0 Å². The van der Waals surface area contributed by atoms with Crippen molar-refractivity contribution < 1.29 is 18.0 Å². The fraction of sp³-hybridized carbons (Fsp3) is 0.300. The quantitative estimate of drug-likeness (QED) is 0.826. The van der Waals surface area contributed by atoms with E-state index in [0.29, 0.717) is 0 Å². The summed E-state index contributed by atoms with van der Waals surface area (Å²) in [5, 5.41) is 2.16. The van der Waals surface area contributed by atoms with Crippen LogP contribution in [0.2, 0.25) is 5.02 Å². The number of halogens is 4. The molecule has 0 bridgehead atoms. The normalized spacial score (nSPS) is 11.3. The largest absolute Gasteiger partial charge is 0.398 e. The van der Waals surface area contributed by atoms with E-state index in [9.17, 15) is 18.0 Å². The first kappa shape index (κ1) is 13.6. The van der Waals surface area contributed by atoms with Crippen LogP contribution in [0.3, 0.4) is 0 Å². The lowest BCUT2D eigenvalue weighted by atomic mass is 10.2. The van der Waals surface area contributed by atoms with Crippen LogP contribution in [-0.4, -0.2) is 18.6 Å². The maximum absolute atomic E-state index is 11.9. The molecule has 0 saturated heterocycles. The smallest absolute Gasteiger partial charge is 0.390 e. The van der Waals surface area contributed by atoms with Crippen molar-refractivity contribution in [3.05, 3.63) is 28.8 Å². The maximum atomic E-state index is 11.9. The number of anilines is 1. The third-order valence-corrected chi connectivity index (χ3v) is 2.39. The number of nitrogens with one attached hydrogen (secondary N) is 1. The van der Waals surface area contributed by atoms with Gasteiger partial charge in [-0.15, -0.1) is 0 Å². The number of carbonyl (C=O) groups excluding carboxylic acids is 1. The number of carbonyl (C=O) groups is 1. The van der Waals surface area contributed by atoms with Crippen LogP contribution >= 0.6 is 11.6 Å². The summed E-state index contributed by atoms with van der Waals surface area (Å²) in [5.41, 5.74) is 5.73. The molecule has 0 aliphatic rings. The van der Waals surface area contributed by atoms with E-state index >= 15 is 0 Å². The summed E-state index contributed by atoms with van der Waals surface area (Å²) >= 11 is 5.75. The number of alkyl halides is 3. The zero-order valence-electron chi connectivity index (χ0n) is 8.64. The van der Waals surface area contributed by atoms with Crippen molar-refractivity contribution in [3.63, 3.8) is 0 Å². The molecule has 1 amide bonds. The van der Waals surface area contributed by atoms with Gasteiger partial charge in [0.05, 0.1) is 22.7 Å². The first-order chi connectivity index (χ1) is 7.81. The molecule has 1 aromatic rings. The summed E-state index contributed by atoms with van der Waals surface area (Å²) in [6.07, 6.45) is -5.38. The second-order valence-electron chi connectivity index (χ2n) is 3.33. The van der Waals surface area contributed by atoms with Gasteiger partial charge >= 0.3 is 6.18 Å². The molecule has 3 nitrogen and oxygen atoms in total. The van der Waals surface area contributed by atoms with Crippen LogP contribution < -0.4 is 11.1 Å². The van der Waals surface area contributed by atoms with E-state index in [-0.39, 0.29) is 16.3 Å². The summed E-state index contributed by atoms with van der Waals surface area (Å²) in [4.78, 5) is 11.5. The van der Waals surface area contributed by atoms with Gasteiger partial charge in [0.1, 0.15) is 0 Å². The average molecular weight is 267 g/mol. The van der Waals surface area contributed by atoms with Crippen molar-refractivity contribution in [2.45, 2.75) is 12.6 Å². The highest BCUT2D eigenvalue weighted by molar-refractivity contribution is 6.36. The molecule has 3 N–H and O–H groups in total. The molecule has 0 aliphatic heterocycles. The number of amides is 1. The van der Waals surface area contributed by atoms with Gasteiger partial charge in [-0.1, -0.05) is 17.7 Å². The van der Waals surface area contributed by atoms with Crippen molar-refractivity contribution in [1.82, 2.24) is 5.32 Å². The van der Waals surface area contributed by atoms with Crippen LogP contribution in [0.4, 0.5) is 18.9 Å². The van der Waals surface area contributed by atoms with Gasteiger partial charge in [-0.3, -0.25) is 4.79 Å². The monoisotopic (exact) mass is 266 g/mol. The number of hydrogen-bond acceptors (Lipinski definition) is 2. The van der Waals surface area contributed by atoms with Crippen molar-refractivity contribution in [1.29, 1.82) is 0 Å². The van der Waals surface area contributed by atoms with Crippen molar-refractivity contribution in [2.75, 3.05) is 12.3 Å². The molecule has 0 spiro atoms. The lowest BCUT2D eigenvalue weighted by Gasteiger charge is -2.09. The Balaban J connectivity index is 2.62. The Labute approximate surface area is 101 Å². The van der Waals surface area contributed by atoms with Crippen LogP contribution in [-0.2, 0) is 0 Å². The topological polar surface area (TPSA) is 55.1 Å². The highest BCUT2D eigenvalue weighted by Crippen LogP contribution is 2.23. The van der Waals surface area contributed by atoms with Gasteiger partial charge in [-0.05, 0) is 12.1 Å². The van der Waals surface area contributed by atoms with Gasteiger partial charge < -0.3 is 11.1 Å². The SMILES string of the molecule is Nc1cccc(C(=O)NCCC(F)(F)F)c1Cl. The predicted molar refractivity (Wildman–Crippen MR) is 58.9 cm³/mol. The Kier molecular flexibility index (Phi) is 4.22. The van der Waals surface area contributed by atoms with E-state index in [0.717, 1.165) is 0 Å². The Morgan fingerprint density at radius 1 is 1.41 bits per heavy atom. The van der Waals surface area contributed by atoms with Crippen molar-refractivity contribution >= 4 is 23.2 Å². The average Bonchev–Trinajstić information content (AvgIpc) is 2.20. The molecule has 17 heavy (non-hydrogen) atoms. The highest BCUT2D eigenvalue weighted by atomic mass is 35.5.